The standard InChI is InChI=1S/C19H18Cl3NO2/c1-23(19(24)25-11-20)18-9-7-13(14-4-2-3-5-15(14)18)12-6-8-16(21)17(22)10-12/h2-6,8,10,13,18H,7,9,11H2,1H3/t13?,18-/m0/s1. The van der Waals surface area contributed by atoms with Crippen molar-refractivity contribution in [1.82, 2.24) is 4.90 Å². The monoisotopic (exact) mass is 397 g/mol. The highest BCUT2D eigenvalue weighted by Crippen LogP contribution is 2.44. The van der Waals surface area contributed by atoms with Crippen molar-refractivity contribution in [2.24, 2.45) is 0 Å². The van der Waals surface area contributed by atoms with Gasteiger partial charge in [-0.1, -0.05) is 65.1 Å². The van der Waals surface area contributed by atoms with Crippen LogP contribution in [0.4, 0.5) is 4.79 Å². The smallest absolute Gasteiger partial charge is 0.411 e. The Morgan fingerprint density at radius 1 is 1.12 bits per heavy atom. The summed E-state index contributed by atoms with van der Waals surface area (Å²) in [6.07, 6.45) is 1.32. The molecule has 0 saturated carbocycles. The summed E-state index contributed by atoms with van der Waals surface area (Å²) in [5, 5.41) is 1.11. The van der Waals surface area contributed by atoms with E-state index in [9.17, 15) is 4.79 Å². The van der Waals surface area contributed by atoms with Crippen LogP contribution in [0.15, 0.2) is 42.5 Å². The molecule has 1 unspecified atom stereocenters. The Morgan fingerprint density at radius 2 is 1.84 bits per heavy atom. The Kier molecular flexibility index (Phi) is 5.78. The van der Waals surface area contributed by atoms with Gasteiger partial charge < -0.3 is 9.64 Å². The van der Waals surface area contributed by atoms with Gasteiger partial charge in [0.1, 0.15) is 0 Å². The molecular weight excluding hydrogens is 381 g/mol. The molecule has 0 N–H and O–H groups in total. The van der Waals surface area contributed by atoms with Crippen LogP contribution in [0.1, 0.15) is 41.5 Å². The Bertz CT molecular complexity index is 781. The second kappa shape index (κ2) is 7.86. The van der Waals surface area contributed by atoms with Gasteiger partial charge in [0.25, 0.3) is 0 Å². The highest BCUT2D eigenvalue weighted by molar-refractivity contribution is 6.42. The molecule has 6 heteroatoms. The molecule has 2 aromatic rings. The van der Waals surface area contributed by atoms with Gasteiger partial charge in [-0.3, -0.25) is 0 Å². The van der Waals surface area contributed by atoms with Crippen molar-refractivity contribution in [3.8, 4) is 0 Å². The number of amides is 1. The van der Waals surface area contributed by atoms with Crippen molar-refractivity contribution in [1.29, 1.82) is 0 Å². The second-order valence-corrected chi connectivity index (χ2v) is 7.11. The summed E-state index contributed by atoms with van der Waals surface area (Å²) < 4.78 is 4.93. The van der Waals surface area contributed by atoms with Gasteiger partial charge in [0, 0.05) is 13.0 Å². The maximum atomic E-state index is 12.1. The van der Waals surface area contributed by atoms with E-state index in [1.54, 1.807) is 11.9 Å². The molecule has 0 aliphatic heterocycles. The minimum atomic E-state index is -0.414. The molecule has 0 fully saturated rings. The van der Waals surface area contributed by atoms with Crippen LogP contribution < -0.4 is 0 Å². The lowest BCUT2D eigenvalue weighted by molar-refractivity contribution is 0.107. The predicted molar refractivity (Wildman–Crippen MR) is 102 cm³/mol. The van der Waals surface area contributed by atoms with Gasteiger partial charge in [-0.2, -0.15) is 0 Å². The molecule has 0 radical (unpaired) electrons. The Hall–Kier alpha value is -1.42. The Morgan fingerprint density at radius 3 is 2.52 bits per heavy atom. The zero-order chi connectivity index (χ0) is 18.0. The summed E-state index contributed by atoms with van der Waals surface area (Å²) in [6.45, 7) is 0. The van der Waals surface area contributed by atoms with Crippen LogP contribution in [0.25, 0.3) is 0 Å². The van der Waals surface area contributed by atoms with Crippen LogP contribution in [0.3, 0.4) is 0 Å². The SMILES string of the molecule is CN(C(=O)OCCl)[C@H]1CCC(c2ccc(Cl)c(Cl)c2)c2ccccc21. The maximum absolute atomic E-state index is 12.1. The van der Waals surface area contributed by atoms with Gasteiger partial charge in [-0.25, -0.2) is 4.79 Å². The third-order valence-electron chi connectivity index (χ3n) is 4.74. The average molecular weight is 399 g/mol. The number of fused-ring (bicyclic) bond motifs is 1. The van der Waals surface area contributed by atoms with E-state index in [0.29, 0.717) is 10.0 Å². The van der Waals surface area contributed by atoms with E-state index < -0.39 is 6.09 Å². The van der Waals surface area contributed by atoms with Crippen molar-refractivity contribution in [3.05, 3.63) is 69.2 Å². The first-order valence-corrected chi connectivity index (χ1v) is 9.31. The van der Waals surface area contributed by atoms with Crippen LogP contribution in [0, 0.1) is 0 Å². The topological polar surface area (TPSA) is 29.5 Å². The number of halogens is 3. The number of alkyl halides is 1. The van der Waals surface area contributed by atoms with Crippen LogP contribution in [0.2, 0.25) is 10.0 Å². The Balaban J connectivity index is 1.96. The number of hydrogen-bond donors (Lipinski definition) is 0. The molecule has 3 nitrogen and oxygen atoms in total. The largest absolute Gasteiger partial charge is 0.433 e. The van der Waals surface area contributed by atoms with Gasteiger partial charge >= 0.3 is 6.09 Å². The van der Waals surface area contributed by atoms with Crippen molar-refractivity contribution in [2.75, 3.05) is 13.1 Å². The van der Waals surface area contributed by atoms with Crippen LogP contribution in [-0.2, 0) is 4.74 Å². The maximum Gasteiger partial charge on any atom is 0.411 e. The molecule has 0 saturated heterocycles. The van der Waals surface area contributed by atoms with E-state index in [1.807, 2.05) is 30.3 Å². The van der Waals surface area contributed by atoms with Gasteiger partial charge in [0.2, 0.25) is 0 Å². The van der Waals surface area contributed by atoms with Gasteiger partial charge in [0.15, 0.2) is 6.07 Å². The fraction of sp³-hybridized carbons (Fsp3) is 0.316. The van der Waals surface area contributed by atoms with Gasteiger partial charge in [-0.05, 0) is 41.7 Å². The molecule has 1 aliphatic rings. The number of benzene rings is 2. The van der Waals surface area contributed by atoms with Gasteiger partial charge in [-0.15, -0.1) is 0 Å². The molecule has 0 spiro atoms. The van der Waals surface area contributed by atoms with E-state index in [4.69, 9.17) is 39.5 Å². The summed E-state index contributed by atoms with van der Waals surface area (Å²) in [6, 6.07) is 13.8. The van der Waals surface area contributed by atoms with Crippen molar-refractivity contribution < 1.29 is 9.53 Å². The number of ether oxygens (including phenoxy) is 1. The number of nitrogens with zero attached hydrogens (tertiary/aromatic N) is 1. The molecule has 2 aromatic carbocycles. The quantitative estimate of drug-likeness (QED) is 0.574. The first-order chi connectivity index (χ1) is 12.0. The molecule has 0 bridgehead atoms. The van der Waals surface area contributed by atoms with Crippen molar-refractivity contribution >= 4 is 40.9 Å². The Labute approximate surface area is 162 Å². The molecule has 0 aromatic heterocycles. The highest BCUT2D eigenvalue weighted by Gasteiger charge is 2.32. The minimum Gasteiger partial charge on any atom is -0.433 e. The molecule has 1 amide bonds. The van der Waals surface area contributed by atoms with E-state index >= 15 is 0 Å². The number of rotatable bonds is 3. The molecule has 0 heterocycles. The lowest BCUT2D eigenvalue weighted by Crippen LogP contribution is -2.34. The fourth-order valence-electron chi connectivity index (χ4n) is 3.52. The first-order valence-electron chi connectivity index (χ1n) is 8.02. The summed E-state index contributed by atoms with van der Waals surface area (Å²) >= 11 is 17.8. The predicted octanol–water partition coefficient (Wildman–Crippen LogP) is 6.22. The summed E-state index contributed by atoms with van der Waals surface area (Å²) in [7, 11) is 1.75. The average Bonchev–Trinajstić information content (AvgIpc) is 2.63. The third kappa shape index (κ3) is 3.74. The van der Waals surface area contributed by atoms with Crippen molar-refractivity contribution in [2.45, 2.75) is 24.8 Å². The lowest BCUT2D eigenvalue weighted by atomic mass is 9.76. The van der Waals surface area contributed by atoms with E-state index in [1.165, 1.54) is 5.56 Å². The van der Waals surface area contributed by atoms with E-state index in [-0.39, 0.29) is 18.0 Å². The fourth-order valence-corrected chi connectivity index (χ4v) is 3.92. The summed E-state index contributed by atoms with van der Waals surface area (Å²) in [4.78, 5) is 13.7. The molecule has 1 aliphatic carbocycles. The zero-order valence-electron chi connectivity index (χ0n) is 13.7. The molecule has 132 valence electrons. The van der Waals surface area contributed by atoms with Gasteiger partial charge in [0.05, 0.1) is 16.1 Å². The molecule has 25 heavy (non-hydrogen) atoms. The zero-order valence-corrected chi connectivity index (χ0v) is 16.0. The van der Waals surface area contributed by atoms with Crippen LogP contribution in [0.5, 0.6) is 0 Å². The van der Waals surface area contributed by atoms with Crippen molar-refractivity contribution in [3.63, 3.8) is 0 Å². The van der Waals surface area contributed by atoms with Crippen LogP contribution >= 0.6 is 34.8 Å². The summed E-state index contributed by atoms with van der Waals surface area (Å²) in [5.41, 5.74) is 3.45. The normalized spacial score (nSPS) is 19.2. The first kappa shape index (κ1) is 18.4. The molecule has 2 atom stereocenters. The lowest BCUT2D eigenvalue weighted by Gasteiger charge is -2.36. The molecular formula is C19H18Cl3NO2. The molecule has 3 rings (SSSR count). The van der Waals surface area contributed by atoms with E-state index in [0.717, 1.165) is 24.0 Å². The van der Waals surface area contributed by atoms with E-state index in [2.05, 4.69) is 12.1 Å². The number of carbonyl (C=O) groups excluding carboxylic acids is 1. The highest BCUT2D eigenvalue weighted by atomic mass is 35.5. The minimum absolute atomic E-state index is 0.0362. The summed E-state index contributed by atoms with van der Waals surface area (Å²) in [5.74, 6) is 0.222. The van der Waals surface area contributed by atoms with Crippen LogP contribution in [-0.4, -0.2) is 24.1 Å². The number of hydrogen-bond acceptors (Lipinski definition) is 2. The third-order valence-corrected chi connectivity index (χ3v) is 5.59. The second-order valence-electron chi connectivity index (χ2n) is 6.08. The number of carbonyl (C=O) groups is 1.